The number of nitriles is 1. The molecule has 2 aromatic rings. The van der Waals surface area contributed by atoms with Gasteiger partial charge in [-0.2, -0.15) is 5.26 Å². The van der Waals surface area contributed by atoms with Crippen molar-refractivity contribution in [3.8, 4) is 11.8 Å². The minimum atomic E-state index is 0.428. The Hall–Kier alpha value is -2.12. The topological polar surface area (TPSA) is 49.1 Å². The number of nitrogens with zero attached hydrogens (tertiary/aromatic N) is 3. The van der Waals surface area contributed by atoms with E-state index in [1.165, 1.54) is 12.8 Å². The zero-order chi connectivity index (χ0) is 14.7. The van der Waals surface area contributed by atoms with Crippen LogP contribution in [0.5, 0.6) is 5.75 Å². The highest BCUT2D eigenvalue weighted by molar-refractivity contribution is 5.87. The van der Waals surface area contributed by atoms with Gasteiger partial charge in [0.15, 0.2) is 0 Å². The summed E-state index contributed by atoms with van der Waals surface area (Å²) in [7, 11) is 2.14. The van der Waals surface area contributed by atoms with E-state index in [0.717, 1.165) is 23.9 Å². The molecule has 3 rings (SSSR count). The van der Waals surface area contributed by atoms with Crippen LogP contribution in [0.4, 0.5) is 0 Å². The van der Waals surface area contributed by atoms with Crippen LogP contribution in [-0.4, -0.2) is 36.1 Å². The first-order valence-corrected chi connectivity index (χ1v) is 7.40. The van der Waals surface area contributed by atoms with Gasteiger partial charge in [-0.15, -0.1) is 0 Å². The first-order chi connectivity index (χ1) is 10.3. The summed E-state index contributed by atoms with van der Waals surface area (Å²) in [5, 5.41) is 10.2. The van der Waals surface area contributed by atoms with Crippen LogP contribution in [0.3, 0.4) is 0 Å². The number of fused-ring (bicyclic) bond motifs is 1. The van der Waals surface area contributed by atoms with E-state index in [9.17, 15) is 5.26 Å². The summed E-state index contributed by atoms with van der Waals surface area (Å²) in [6, 6.07) is 10.4. The maximum Gasteiger partial charge on any atom is 0.148 e. The molecule has 1 aliphatic heterocycles. The Morgan fingerprint density at radius 2 is 2.24 bits per heavy atom. The molecule has 4 heteroatoms. The van der Waals surface area contributed by atoms with Crippen molar-refractivity contribution in [1.29, 1.82) is 5.26 Å². The van der Waals surface area contributed by atoms with Crippen molar-refractivity contribution in [2.24, 2.45) is 0 Å². The van der Waals surface area contributed by atoms with Gasteiger partial charge in [-0.25, -0.2) is 0 Å². The molecule has 0 aliphatic carbocycles. The minimum absolute atomic E-state index is 0.428. The van der Waals surface area contributed by atoms with E-state index in [1.54, 1.807) is 6.20 Å². The monoisotopic (exact) mass is 281 g/mol. The third kappa shape index (κ3) is 2.84. The van der Waals surface area contributed by atoms with Crippen molar-refractivity contribution in [1.82, 2.24) is 9.88 Å². The number of hydrogen-bond acceptors (Lipinski definition) is 4. The fourth-order valence-electron chi connectivity index (χ4n) is 2.89. The van der Waals surface area contributed by atoms with E-state index >= 15 is 0 Å². The van der Waals surface area contributed by atoms with Gasteiger partial charge in [0.25, 0.3) is 0 Å². The van der Waals surface area contributed by atoms with E-state index in [-0.39, 0.29) is 0 Å². The van der Waals surface area contributed by atoms with Gasteiger partial charge in [0, 0.05) is 17.6 Å². The lowest BCUT2D eigenvalue weighted by Gasteiger charge is -2.32. The molecule has 0 amide bonds. The van der Waals surface area contributed by atoms with Crippen LogP contribution in [0.15, 0.2) is 30.5 Å². The number of hydrogen-bond donors (Lipinski definition) is 0. The molecule has 2 heterocycles. The predicted octanol–water partition coefficient (Wildman–Crippen LogP) is 2.97. The second-order valence-corrected chi connectivity index (χ2v) is 5.57. The second-order valence-electron chi connectivity index (χ2n) is 5.57. The zero-order valence-electron chi connectivity index (χ0n) is 12.2. The molecule has 0 radical (unpaired) electrons. The molecule has 108 valence electrons. The lowest BCUT2D eigenvalue weighted by atomic mass is 10.0. The molecule has 1 aliphatic rings. The molecule has 21 heavy (non-hydrogen) atoms. The highest BCUT2D eigenvalue weighted by atomic mass is 16.5. The van der Waals surface area contributed by atoms with Crippen LogP contribution in [0.2, 0.25) is 0 Å². The van der Waals surface area contributed by atoms with Crippen LogP contribution in [0, 0.1) is 11.3 Å². The van der Waals surface area contributed by atoms with Gasteiger partial charge >= 0.3 is 0 Å². The number of likely N-dealkylation sites (tertiary alicyclic amines) is 1. The number of benzene rings is 1. The number of ether oxygens (including phenoxy) is 1. The normalized spacial score (nSPS) is 19.3. The molecule has 0 bridgehead atoms. The standard InChI is InChI=1S/C17H19N3O/c1-20-9-5-4-6-14(20)12-21-17-13(10-18)11-19-16-8-3-2-7-15(16)17/h2-3,7-8,11,14H,4-6,9,12H2,1H3. The van der Waals surface area contributed by atoms with Gasteiger partial charge in [0.2, 0.25) is 0 Å². The molecular weight excluding hydrogens is 262 g/mol. The summed E-state index contributed by atoms with van der Waals surface area (Å²) in [6.07, 6.45) is 5.26. The van der Waals surface area contributed by atoms with E-state index in [0.29, 0.717) is 24.0 Å². The van der Waals surface area contributed by atoms with Crippen LogP contribution >= 0.6 is 0 Å². The van der Waals surface area contributed by atoms with Crippen molar-refractivity contribution in [3.05, 3.63) is 36.0 Å². The van der Waals surface area contributed by atoms with Crippen molar-refractivity contribution in [3.63, 3.8) is 0 Å². The van der Waals surface area contributed by atoms with E-state index in [1.807, 2.05) is 24.3 Å². The van der Waals surface area contributed by atoms with E-state index in [4.69, 9.17) is 4.74 Å². The molecule has 1 saturated heterocycles. The smallest absolute Gasteiger partial charge is 0.148 e. The summed E-state index contributed by atoms with van der Waals surface area (Å²) in [5.74, 6) is 0.669. The van der Waals surface area contributed by atoms with Crippen LogP contribution in [0.1, 0.15) is 24.8 Å². The van der Waals surface area contributed by atoms with Gasteiger partial charge in [-0.05, 0) is 38.6 Å². The average Bonchev–Trinajstić information content (AvgIpc) is 2.53. The number of aromatic nitrogens is 1. The predicted molar refractivity (Wildman–Crippen MR) is 82.2 cm³/mol. The molecule has 1 unspecified atom stereocenters. The molecule has 0 spiro atoms. The molecule has 4 nitrogen and oxygen atoms in total. The number of pyridine rings is 1. The summed E-state index contributed by atoms with van der Waals surface area (Å²) in [5.41, 5.74) is 1.37. The zero-order valence-corrected chi connectivity index (χ0v) is 12.2. The fraction of sp³-hybridized carbons (Fsp3) is 0.412. The number of piperidine rings is 1. The fourth-order valence-corrected chi connectivity index (χ4v) is 2.89. The van der Waals surface area contributed by atoms with Gasteiger partial charge < -0.3 is 9.64 Å². The highest BCUT2D eigenvalue weighted by Crippen LogP contribution is 2.28. The van der Waals surface area contributed by atoms with Gasteiger partial charge in [0.05, 0.1) is 5.52 Å². The largest absolute Gasteiger partial charge is 0.490 e. The molecular formula is C17H19N3O. The Bertz CT molecular complexity index is 677. The van der Waals surface area contributed by atoms with Crippen molar-refractivity contribution >= 4 is 10.9 Å². The van der Waals surface area contributed by atoms with Crippen LogP contribution < -0.4 is 4.74 Å². The summed E-state index contributed by atoms with van der Waals surface area (Å²) in [4.78, 5) is 6.66. The molecule has 0 N–H and O–H groups in total. The lowest BCUT2D eigenvalue weighted by Crippen LogP contribution is -2.40. The second kappa shape index (κ2) is 6.11. The Morgan fingerprint density at radius 3 is 3.05 bits per heavy atom. The lowest BCUT2D eigenvalue weighted by molar-refractivity contribution is 0.126. The minimum Gasteiger partial charge on any atom is -0.490 e. The Labute approximate surface area is 125 Å². The van der Waals surface area contributed by atoms with Gasteiger partial charge in [0.1, 0.15) is 24.0 Å². The Morgan fingerprint density at radius 1 is 1.38 bits per heavy atom. The SMILES string of the molecule is CN1CCCCC1COc1c(C#N)cnc2ccccc12. The van der Waals surface area contributed by atoms with Gasteiger partial charge in [-0.1, -0.05) is 18.6 Å². The third-order valence-corrected chi connectivity index (χ3v) is 4.19. The summed E-state index contributed by atoms with van der Waals surface area (Å²) >= 11 is 0. The highest BCUT2D eigenvalue weighted by Gasteiger charge is 2.20. The number of rotatable bonds is 3. The van der Waals surface area contributed by atoms with Crippen molar-refractivity contribution in [2.45, 2.75) is 25.3 Å². The number of para-hydroxylation sites is 1. The molecule has 0 saturated carbocycles. The first-order valence-electron chi connectivity index (χ1n) is 7.40. The van der Waals surface area contributed by atoms with Crippen LogP contribution in [-0.2, 0) is 0 Å². The van der Waals surface area contributed by atoms with Gasteiger partial charge in [-0.3, -0.25) is 4.98 Å². The third-order valence-electron chi connectivity index (χ3n) is 4.19. The molecule has 1 aromatic heterocycles. The van der Waals surface area contributed by atoms with E-state index < -0.39 is 0 Å². The summed E-state index contributed by atoms with van der Waals surface area (Å²) in [6.45, 7) is 1.75. The maximum atomic E-state index is 9.29. The van der Waals surface area contributed by atoms with Crippen molar-refractivity contribution in [2.75, 3.05) is 20.2 Å². The summed E-state index contributed by atoms with van der Waals surface area (Å²) < 4.78 is 6.05. The Kier molecular flexibility index (Phi) is 4.03. The molecule has 1 aromatic carbocycles. The molecule has 1 atom stereocenters. The molecule has 1 fully saturated rings. The number of likely N-dealkylation sites (N-methyl/N-ethyl adjacent to an activating group) is 1. The average molecular weight is 281 g/mol. The Balaban J connectivity index is 1.87. The maximum absolute atomic E-state index is 9.29. The van der Waals surface area contributed by atoms with Crippen molar-refractivity contribution < 1.29 is 4.74 Å². The van der Waals surface area contributed by atoms with Crippen LogP contribution in [0.25, 0.3) is 10.9 Å². The quantitative estimate of drug-likeness (QED) is 0.868. The van der Waals surface area contributed by atoms with E-state index in [2.05, 4.69) is 23.0 Å². The first kappa shape index (κ1) is 13.8.